The van der Waals surface area contributed by atoms with Crippen LogP contribution in [0.3, 0.4) is 0 Å². The van der Waals surface area contributed by atoms with Crippen molar-refractivity contribution in [2.75, 3.05) is 32.4 Å². The highest BCUT2D eigenvalue weighted by molar-refractivity contribution is 7.98. The van der Waals surface area contributed by atoms with Crippen LogP contribution in [0.1, 0.15) is 30.4 Å². The van der Waals surface area contributed by atoms with E-state index in [1.54, 1.807) is 0 Å². The molecule has 122 valence electrons. The predicted molar refractivity (Wildman–Crippen MR) is 95.2 cm³/mol. The summed E-state index contributed by atoms with van der Waals surface area (Å²) in [5.41, 5.74) is 2.69. The van der Waals surface area contributed by atoms with Crippen molar-refractivity contribution in [3.63, 3.8) is 0 Å². The molecule has 0 spiro atoms. The second-order valence-electron chi connectivity index (χ2n) is 6.28. The summed E-state index contributed by atoms with van der Waals surface area (Å²) < 4.78 is 0. The van der Waals surface area contributed by atoms with Gasteiger partial charge in [-0.2, -0.15) is 11.8 Å². The molecule has 0 bridgehead atoms. The van der Waals surface area contributed by atoms with Crippen molar-refractivity contribution in [1.29, 1.82) is 0 Å². The molecule has 1 unspecified atom stereocenters. The Hall–Kier alpha value is -1.00. The highest BCUT2D eigenvalue weighted by atomic mass is 32.2. The predicted octanol–water partition coefficient (Wildman–Crippen LogP) is 3.08. The lowest BCUT2D eigenvalue weighted by Crippen LogP contribution is -2.41. The third-order valence-electron chi connectivity index (χ3n) is 4.15. The van der Waals surface area contributed by atoms with E-state index in [1.807, 2.05) is 11.8 Å². The maximum atomic E-state index is 12.1. The van der Waals surface area contributed by atoms with Gasteiger partial charge in [0.25, 0.3) is 0 Å². The second kappa shape index (κ2) is 9.21. The fourth-order valence-corrected chi connectivity index (χ4v) is 3.71. The molecule has 3 nitrogen and oxygen atoms in total. The van der Waals surface area contributed by atoms with Crippen LogP contribution in [0.5, 0.6) is 0 Å². The van der Waals surface area contributed by atoms with Gasteiger partial charge in [-0.3, -0.25) is 4.79 Å². The smallest absolute Gasteiger partial charge is 0.224 e. The number of thioether (sulfide) groups is 1. The number of nitrogens with one attached hydrogen (secondary N) is 1. The summed E-state index contributed by atoms with van der Waals surface area (Å²) in [7, 11) is 2.10. The lowest BCUT2D eigenvalue weighted by Gasteiger charge is -2.28. The monoisotopic (exact) mass is 320 g/mol. The molecule has 1 aliphatic heterocycles. The van der Waals surface area contributed by atoms with Crippen molar-refractivity contribution in [2.24, 2.45) is 5.92 Å². The van der Waals surface area contributed by atoms with Gasteiger partial charge < -0.3 is 10.2 Å². The Bertz CT molecular complexity index is 461. The van der Waals surface area contributed by atoms with Gasteiger partial charge in [0.2, 0.25) is 5.91 Å². The van der Waals surface area contributed by atoms with Crippen molar-refractivity contribution < 1.29 is 4.79 Å². The first-order chi connectivity index (χ1) is 10.6. The molecule has 1 heterocycles. The van der Waals surface area contributed by atoms with Crippen LogP contribution in [0, 0.1) is 12.8 Å². The van der Waals surface area contributed by atoms with Gasteiger partial charge in [0.05, 0.1) is 5.92 Å². The molecule has 1 N–H and O–H groups in total. The summed E-state index contributed by atoms with van der Waals surface area (Å²) in [5.74, 6) is 2.59. The molecule has 1 aromatic rings. The Labute approximate surface area is 138 Å². The van der Waals surface area contributed by atoms with E-state index in [9.17, 15) is 4.79 Å². The first kappa shape index (κ1) is 17.4. The number of piperidine rings is 1. The molecule has 2 rings (SSSR count). The van der Waals surface area contributed by atoms with Gasteiger partial charge in [-0.05, 0) is 51.1 Å². The summed E-state index contributed by atoms with van der Waals surface area (Å²) in [6.07, 6.45) is 3.23. The van der Waals surface area contributed by atoms with Crippen molar-refractivity contribution >= 4 is 17.7 Å². The zero-order chi connectivity index (χ0) is 15.8. The zero-order valence-corrected chi connectivity index (χ0v) is 14.6. The highest BCUT2D eigenvalue weighted by Gasteiger charge is 2.23. The van der Waals surface area contributed by atoms with E-state index in [0.717, 1.165) is 50.4 Å². The van der Waals surface area contributed by atoms with Crippen LogP contribution in [0.25, 0.3) is 0 Å². The maximum absolute atomic E-state index is 12.1. The second-order valence-corrected chi connectivity index (χ2v) is 7.39. The van der Waals surface area contributed by atoms with Crippen LogP contribution in [-0.4, -0.2) is 43.2 Å². The van der Waals surface area contributed by atoms with E-state index < -0.39 is 0 Å². The Morgan fingerprint density at radius 3 is 2.86 bits per heavy atom. The highest BCUT2D eigenvalue weighted by Crippen LogP contribution is 2.15. The van der Waals surface area contributed by atoms with Gasteiger partial charge in [-0.25, -0.2) is 0 Å². The van der Waals surface area contributed by atoms with Crippen LogP contribution in [-0.2, 0) is 10.5 Å². The van der Waals surface area contributed by atoms with E-state index in [2.05, 4.69) is 48.5 Å². The quantitative estimate of drug-likeness (QED) is 0.784. The summed E-state index contributed by atoms with van der Waals surface area (Å²) in [4.78, 5) is 14.3. The van der Waals surface area contributed by atoms with Gasteiger partial charge in [0, 0.05) is 18.8 Å². The normalized spacial score (nSPS) is 19.1. The molecule has 1 fully saturated rings. The SMILES string of the molecule is Cc1ccc(CSCCCNC(=O)C2CCCN(C)C2)cc1. The average molecular weight is 321 g/mol. The number of hydrogen-bond donors (Lipinski definition) is 1. The number of carbonyl (C=O) groups excluding carboxylic acids is 1. The molecule has 22 heavy (non-hydrogen) atoms. The Kier molecular flexibility index (Phi) is 7.26. The van der Waals surface area contributed by atoms with Crippen LogP contribution in [0.15, 0.2) is 24.3 Å². The van der Waals surface area contributed by atoms with Crippen molar-refractivity contribution in [3.05, 3.63) is 35.4 Å². The van der Waals surface area contributed by atoms with Gasteiger partial charge in [-0.15, -0.1) is 0 Å². The van der Waals surface area contributed by atoms with Crippen LogP contribution in [0.2, 0.25) is 0 Å². The minimum atomic E-state index is 0.193. The van der Waals surface area contributed by atoms with E-state index in [1.165, 1.54) is 11.1 Å². The number of benzene rings is 1. The summed E-state index contributed by atoms with van der Waals surface area (Å²) >= 11 is 1.94. The first-order valence-electron chi connectivity index (χ1n) is 8.24. The van der Waals surface area contributed by atoms with Crippen molar-refractivity contribution in [3.8, 4) is 0 Å². The molecule has 0 radical (unpaired) electrons. The average Bonchev–Trinajstić information content (AvgIpc) is 2.52. The molecule has 0 aromatic heterocycles. The lowest BCUT2D eigenvalue weighted by atomic mass is 9.98. The molecule has 0 aliphatic carbocycles. The summed E-state index contributed by atoms with van der Waals surface area (Å²) in [6.45, 7) is 4.96. The van der Waals surface area contributed by atoms with E-state index in [-0.39, 0.29) is 11.8 Å². The van der Waals surface area contributed by atoms with Gasteiger partial charge >= 0.3 is 0 Å². The Morgan fingerprint density at radius 2 is 2.14 bits per heavy atom. The number of rotatable bonds is 7. The standard InChI is InChI=1S/C18H28N2OS/c1-15-6-8-16(9-7-15)14-22-12-4-10-19-18(21)17-5-3-11-20(2)13-17/h6-9,17H,3-5,10-14H2,1-2H3,(H,19,21). The maximum Gasteiger partial charge on any atom is 0.224 e. The fourth-order valence-electron chi connectivity index (χ4n) is 2.78. The molecule has 1 aromatic carbocycles. The van der Waals surface area contributed by atoms with Crippen LogP contribution in [0.4, 0.5) is 0 Å². The minimum Gasteiger partial charge on any atom is -0.356 e. The fraction of sp³-hybridized carbons (Fsp3) is 0.611. The largest absolute Gasteiger partial charge is 0.356 e. The van der Waals surface area contributed by atoms with Crippen LogP contribution >= 0.6 is 11.8 Å². The molecule has 4 heteroatoms. The Morgan fingerprint density at radius 1 is 1.36 bits per heavy atom. The number of hydrogen-bond acceptors (Lipinski definition) is 3. The Balaban J connectivity index is 1.53. The van der Waals surface area contributed by atoms with Gasteiger partial charge in [-0.1, -0.05) is 29.8 Å². The van der Waals surface area contributed by atoms with Crippen LogP contribution < -0.4 is 5.32 Å². The third-order valence-corrected chi connectivity index (χ3v) is 5.26. The first-order valence-corrected chi connectivity index (χ1v) is 9.40. The van der Waals surface area contributed by atoms with E-state index >= 15 is 0 Å². The topological polar surface area (TPSA) is 32.3 Å². The number of amides is 1. The lowest BCUT2D eigenvalue weighted by molar-refractivity contribution is -0.126. The third kappa shape index (κ3) is 6.01. The molecule has 1 amide bonds. The number of carbonyl (C=O) groups is 1. The molecular formula is C18H28N2OS. The minimum absolute atomic E-state index is 0.193. The number of likely N-dealkylation sites (tertiary alicyclic amines) is 1. The molecule has 1 atom stereocenters. The van der Waals surface area contributed by atoms with E-state index in [0.29, 0.717) is 0 Å². The molecular weight excluding hydrogens is 292 g/mol. The summed E-state index contributed by atoms with van der Waals surface area (Å²) in [5, 5.41) is 3.10. The van der Waals surface area contributed by atoms with Crippen molar-refractivity contribution in [2.45, 2.75) is 31.9 Å². The molecule has 1 aliphatic rings. The summed E-state index contributed by atoms with van der Waals surface area (Å²) in [6, 6.07) is 8.72. The zero-order valence-electron chi connectivity index (χ0n) is 13.8. The number of nitrogens with zero attached hydrogens (tertiary/aromatic N) is 1. The molecule has 0 saturated carbocycles. The van der Waals surface area contributed by atoms with Gasteiger partial charge in [0.15, 0.2) is 0 Å². The van der Waals surface area contributed by atoms with Crippen molar-refractivity contribution in [1.82, 2.24) is 10.2 Å². The van der Waals surface area contributed by atoms with Gasteiger partial charge in [0.1, 0.15) is 0 Å². The molecule has 1 saturated heterocycles. The number of aryl methyl sites for hydroxylation is 1. The van der Waals surface area contributed by atoms with E-state index in [4.69, 9.17) is 0 Å².